The first-order valence-electron chi connectivity index (χ1n) is 8.76. The Morgan fingerprint density at radius 3 is 1.92 bits per heavy atom. The van der Waals surface area contributed by atoms with Crippen LogP contribution in [0.25, 0.3) is 28.1 Å². The number of aryl methyl sites for hydroxylation is 1. The lowest BCUT2D eigenvalue weighted by molar-refractivity contribution is -0.590. The third-order valence-corrected chi connectivity index (χ3v) is 4.56. The van der Waals surface area contributed by atoms with Crippen LogP contribution < -0.4 is 10.3 Å². The molecule has 1 heterocycles. The number of nitrogen functional groups attached to an aromatic ring is 1. The average molecular weight is 337 g/mol. The van der Waals surface area contributed by atoms with Gasteiger partial charge in [-0.25, -0.2) is 0 Å². The lowest BCUT2D eigenvalue weighted by atomic mass is 10.0. The van der Waals surface area contributed by atoms with Gasteiger partial charge in [0.15, 0.2) is 5.69 Å². The predicted molar refractivity (Wildman–Crippen MR) is 108 cm³/mol. The van der Waals surface area contributed by atoms with Crippen molar-refractivity contribution in [3.05, 3.63) is 103 Å². The van der Waals surface area contributed by atoms with Crippen LogP contribution in [0.4, 0.5) is 5.69 Å². The Morgan fingerprint density at radius 1 is 0.615 bits per heavy atom. The summed E-state index contributed by atoms with van der Waals surface area (Å²) in [6.45, 7) is 2.14. The highest BCUT2D eigenvalue weighted by atomic mass is 15.0. The fourth-order valence-corrected chi connectivity index (χ4v) is 3.36. The van der Waals surface area contributed by atoms with Gasteiger partial charge in [0.25, 0.3) is 0 Å². The van der Waals surface area contributed by atoms with E-state index >= 15 is 0 Å². The fraction of sp³-hybridized carbons (Fsp3) is 0.0417. The maximum absolute atomic E-state index is 6.04. The third kappa shape index (κ3) is 3.09. The second kappa shape index (κ2) is 6.85. The molecule has 0 aliphatic heterocycles. The van der Waals surface area contributed by atoms with E-state index in [1.807, 2.05) is 30.3 Å². The van der Waals surface area contributed by atoms with Crippen LogP contribution in [0.2, 0.25) is 0 Å². The topological polar surface area (TPSA) is 29.9 Å². The lowest BCUT2D eigenvalue weighted by Crippen LogP contribution is -2.37. The van der Waals surface area contributed by atoms with Crippen molar-refractivity contribution in [2.24, 2.45) is 0 Å². The molecule has 126 valence electrons. The second-order valence-corrected chi connectivity index (χ2v) is 6.43. The van der Waals surface area contributed by atoms with Crippen LogP contribution in [0.1, 0.15) is 5.69 Å². The standard InChI is InChI=1S/C24H21N2/c1-18-15-21(19-9-4-2-5-10-19)16-24(20-11-6-3-7-12-20)26(18)23-14-8-13-22(25)17-23/h2-17H,25H2,1H3/q+1. The van der Waals surface area contributed by atoms with Crippen molar-refractivity contribution in [2.45, 2.75) is 6.92 Å². The van der Waals surface area contributed by atoms with Crippen molar-refractivity contribution in [3.63, 3.8) is 0 Å². The highest BCUT2D eigenvalue weighted by Crippen LogP contribution is 2.26. The van der Waals surface area contributed by atoms with Crippen LogP contribution in [-0.2, 0) is 0 Å². The van der Waals surface area contributed by atoms with E-state index in [4.69, 9.17) is 5.73 Å². The zero-order valence-corrected chi connectivity index (χ0v) is 14.8. The van der Waals surface area contributed by atoms with Crippen molar-refractivity contribution in [1.29, 1.82) is 0 Å². The van der Waals surface area contributed by atoms with E-state index in [1.54, 1.807) is 0 Å². The molecule has 2 N–H and O–H groups in total. The number of benzene rings is 3. The zero-order valence-electron chi connectivity index (χ0n) is 14.8. The number of nitrogens with zero attached hydrogens (tertiary/aromatic N) is 1. The molecular formula is C24H21N2+. The van der Waals surface area contributed by atoms with Crippen molar-refractivity contribution in [1.82, 2.24) is 0 Å². The summed E-state index contributed by atoms with van der Waals surface area (Å²) in [5.74, 6) is 0. The van der Waals surface area contributed by atoms with Gasteiger partial charge in [-0.2, -0.15) is 4.57 Å². The summed E-state index contributed by atoms with van der Waals surface area (Å²) in [5.41, 5.74) is 13.8. The minimum atomic E-state index is 0.764. The number of hydrogen-bond acceptors (Lipinski definition) is 1. The summed E-state index contributed by atoms with van der Waals surface area (Å²) in [6, 6.07) is 33.5. The molecule has 0 unspecified atom stereocenters. The molecule has 0 amide bonds. The van der Waals surface area contributed by atoms with Crippen LogP contribution in [0, 0.1) is 6.92 Å². The van der Waals surface area contributed by atoms with Gasteiger partial charge in [-0.1, -0.05) is 54.6 Å². The van der Waals surface area contributed by atoms with Crippen LogP contribution in [-0.4, -0.2) is 0 Å². The van der Waals surface area contributed by atoms with E-state index in [0.29, 0.717) is 0 Å². The molecule has 1 aromatic heterocycles. The van der Waals surface area contributed by atoms with Crippen molar-refractivity contribution >= 4 is 5.69 Å². The Labute approximate surface area is 154 Å². The lowest BCUT2D eigenvalue weighted by Gasteiger charge is -2.10. The van der Waals surface area contributed by atoms with Gasteiger partial charge in [-0.15, -0.1) is 0 Å². The normalized spacial score (nSPS) is 10.7. The summed E-state index contributed by atoms with van der Waals surface area (Å²) in [7, 11) is 0. The molecule has 0 atom stereocenters. The van der Waals surface area contributed by atoms with Gasteiger partial charge < -0.3 is 5.73 Å². The monoisotopic (exact) mass is 337 g/mol. The number of pyridine rings is 1. The van der Waals surface area contributed by atoms with Gasteiger partial charge in [-0.3, -0.25) is 0 Å². The molecule has 0 radical (unpaired) electrons. The van der Waals surface area contributed by atoms with E-state index in [9.17, 15) is 0 Å². The van der Waals surface area contributed by atoms with E-state index in [0.717, 1.165) is 22.8 Å². The molecule has 4 rings (SSSR count). The summed E-state index contributed by atoms with van der Waals surface area (Å²) in [4.78, 5) is 0. The van der Waals surface area contributed by atoms with Gasteiger partial charge in [0.05, 0.1) is 0 Å². The molecule has 0 fully saturated rings. The number of hydrogen-bond donors (Lipinski definition) is 1. The first-order chi connectivity index (χ1) is 12.7. The average Bonchev–Trinajstić information content (AvgIpc) is 2.68. The Morgan fingerprint density at radius 2 is 1.27 bits per heavy atom. The van der Waals surface area contributed by atoms with E-state index in [2.05, 4.69) is 78.2 Å². The van der Waals surface area contributed by atoms with Crippen molar-refractivity contribution in [3.8, 4) is 28.1 Å². The maximum Gasteiger partial charge on any atom is 0.219 e. The summed E-state index contributed by atoms with van der Waals surface area (Å²) in [5, 5.41) is 0. The quantitative estimate of drug-likeness (QED) is 0.405. The molecule has 26 heavy (non-hydrogen) atoms. The molecule has 0 saturated heterocycles. The molecule has 0 aliphatic rings. The van der Waals surface area contributed by atoms with Gasteiger partial charge in [-0.05, 0) is 29.3 Å². The molecule has 0 spiro atoms. The summed E-state index contributed by atoms with van der Waals surface area (Å²) in [6.07, 6.45) is 0. The molecule has 3 aromatic carbocycles. The van der Waals surface area contributed by atoms with E-state index in [-0.39, 0.29) is 0 Å². The highest BCUT2D eigenvalue weighted by molar-refractivity contribution is 5.69. The van der Waals surface area contributed by atoms with E-state index in [1.165, 1.54) is 16.7 Å². The minimum Gasteiger partial charge on any atom is -0.399 e. The van der Waals surface area contributed by atoms with Crippen molar-refractivity contribution < 1.29 is 4.57 Å². The number of rotatable bonds is 3. The Kier molecular flexibility index (Phi) is 4.24. The number of nitrogens with two attached hydrogens (primary N) is 1. The number of anilines is 1. The molecule has 0 saturated carbocycles. The largest absolute Gasteiger partial charge is 0.399 e. The third-order valence-electron chi connectivity index (χ3n) is 4.56. The summed E-state index contributed by atoms with van der Waals surface area (Å²) < 4.78 is 2.26. The van der Waals surface area contributed by atoms with Gasteiger partial charge in [0.2, 0.25) is 11.4 Å². The SMILES string of the molecule is Cc1cc(-c2ccccc2)cc(-c2ccccc2)[n+]1-c1cccc(N)c1. The Balaban J connectivity index is 1.99. The van der Waals surface area contributed by atoms with Gasteiger partial charge in [0.1, 0.15) is 0 Å². The number of aromatic nitrogens is 1. The predicted octanol–water partition coefficient (Wildman–Crippen LogP) is 5.19. The second-order valence-electron chi connectivity index (χ2n) is 6.43. The van der Waals surface area contributed by atoms with Crippen LogP contribution >= 0.6 is 0 Å². The van der Waals surface area contributed by atoms with Gasteiger partial charge in [0, 0.05) is 42.4 Å². The maximum atomic E-state index is 6.04. The molecule has 0 aliphatic carbocycles. The molecule has 4 aromatic rings. The highest BCUT2D eigenvalue weighted by Gasteiger charge is 2.21. The van der Waals surface area contributed by atoms with Crippen LogP contribution in [0.3, 0.4) is 0 Å². The Bertz CT molecular complexity index is 1040. The van der Waals surface area contributed by atoms with Gasteiger partial charge >= 0.3 is 0 Å². The minimum absolute atomic E-state index is 0.764. The smallest absolute Gasteiger partial charge is 0.219 e. The molecule has 2 heteroatoms. The molecular weight excluding hydrogens is 316 g/mol. The van der Waals surface area contributed by atoms with Crippen LogP contribution in [0.5, 0.6) is 0 Å². The zero-order chi connectivity index (χ0) is 17.9. The fourth-order valence-electron chi connectivity index (χ4n) is 3.36. The molecule has 0 bridgehead atoms. The van der Waals surface area contributed by atoms with Crippen molar-refractivity contribution in [2.75, 3.05) is 5.73 Å². The van der Waals surface area contributed by atoms with E-state index < -0.39 is 0 Å². The first kappa shape index (κ1) is 16.1. The molecule has 2 nitrogen and oxygen atoms in total. The summed E-state index contributed by atoms with van der Waals surface area (Å²) >= 11 is 0. The Hall–Kier alpha value is -3.39. The first-order valence-corrected chi connectivity index (χ1v) is 8.76. The van der Waals surface area contributed by atoms with Crippen LogP contribution in [0.15, 0.2) is 97.1 Å².